The van der Waals surface area contributed by atoms with E-state index in [0.717, 1.165) is 22.3 Å². The highest BCUT2D eigenvalue weighted by Gasteiger charge is 2.36. The van der Waals surface area contributed by atoms with Crippen molar-refractivity contribution in [1.82, 2.24) is 10.6 Å². The van der Waals surface area contributed by atoms with Crippen molar-refractivity contribution in [1.29, 1.82) is 0 Å². The largest absolute Gasteiger partial charge is 0.481 e. The molecule has 8 heteroatoms. The van der Waals surface area contributed by atoms with Crippen LogP contribution in [0.5, 0.6) is 0 Å². The van der Waals surface area contributed by atoms with Crippen LogP contribution in [-0.2, 0) is 19.1 Å². The van der Waals surface area contributed by atoms with Gasteiger partial charge in [0.25, 0.3) is 5.91 Å². The Hall–Kier alpha value is -3.39. The third-order valence-electron chi connectivity index (χ3n) is 6.78. The summed E-state index contributed by atoms with van der Waals surface area (Å²) >= 11 is 0. The van der Waals surface area contributed by atoms with E-state index >= 15 is 0 Å². The lowest BCUT2D eigenvalue weighted by atomic mass is 9.98. The van der Waals surface area contributed by atoms with Gasteiger partial charge in [0.05, 0.1) is 6.04 Å². The molecule has 2 amide bonds. The molecule has 0 radical (unpaired) electrons. The Morgan fingerprint density at radius 2 is 1.71 bits per heavy atom. The molecule has 4 rings (SSSR count). The number of carbonyl (C=O) groups excluding carboxylic acids is 2. The van der Waals surface area contributed by atoms with E-state index in [2.05, 4.69) is 34.9 Å². The number of hydrogen-bond donors (Lipinski definition) is 3. The van der Waals surface area contributed by atoms with Gasteiger partial charge in [-0.05, 0) is 47.4 Å². The van der Waals surface area contributed by atoms with Gasteiger partial charge in [0.15, 0.2) is 6.10 Å². The van der Waals surface area contributed by atoms with Crippen molar-refractivity contribution in [3.63, 3.8) is 0 Å². The van der Waals surface area contributed by atoms with Gasteiger partial charge in [0.1, 0.15) is 6.61 Å². The summed E-state index contributed by atoms with van der Waals surface area (Å²) < 4.78 is 11.2. The number of carboxylic acid groups (broad SMARTS) is 1. The summed E-state index contributed by atoms with van der Waals surface area (Å²) in [5.41, 5.74) is 4.60. The van der Waals surface area contributed by atoms with Gasteiger partial charge in [-0.15, -0.1) is 0 Å². The summed E-state index contributed by atoms with van der Waals surface area (Å²) in [4.78, 5) is 35.9. The minimum absolute atomic E-state index is 0.0322. The normalized spacial score (nSPS) is 19.5. The maximum Gasteiger partial charge on any atom is 0.407 e. The van der Waals surface area contributed by atoms with E-state index in [1.165, 1.54) is 0 Å². The number of ether oxygens (including phenoxy) is 2. The van der Waals surface area contributed by atoms with Crippen molar-refractivity contribution >= 4 is 18.0 Å². The highest BCUT2D eigenvalue weighted by molar-refractivity contribution is 5.83. The average molecular weight is 481 g/mol. The molecular weight excluding hydrogens is 448 g/mol. The molecule has 35 heavy (non-hydrogen) atoms. The van der Waals surface area contributed by atoms with Crippen LogP contribution in [0.15, 0.2) is 48.5 Å². The molecule has 0 spiro atoms. The van der Waals surface area contributed by atoms with Gasteiger partial charge in [-0.25, -0.2) is 4.79 Å². The lowest BCUT2D eigenvalue weighted by molar-refractivity contribution is -0.137. The van der Waals surface area contributed by atoms with E-state index < -0.39 is 24.2 Å². The fourth-order valence-corrected chi connectivity index (χ4v) is 4.84. The van der Waals surface area contributed by atoms with Crippen LogP contribution in [0.2, 0.25) is 0 Å². The van der Waals surface area contributed by atoms with Crippen LogP contribution in [-0.4, -0.2) is 55.0 Å². The van der Waals surface area contributed by atoms with Gasteiger partial charge in [0.2, 0.25) is 0 Å². The first kappa shape index (κ1) is 24.7. The molecule has 3 N–H and O–H groups in total. The van der Waals surface area contributed by atoms with Crippen LogP contribution >= 0.6 is 0 Å². The zero-order chi connectivity index (χ0) is 24.8. The van der Waals surface area contributed by atoms with Crippen LogP contribution in [0, 0.1) is 5.92 Å². The van der Waals surface area contributed by atoms with Gasteiger partial charge in [-0.2, -0.15) is 0 Å². The quantitative estimate of drug-likeness (QED) is 0.478. The number of fused-ring (bicyclic) bond motifs is 3. The monoisotopic (exact) mass is 480 g/mol. The average Bonchev–Trinajstić information content (AvgIpc) is 3.44. The predicted octanol–water partition coefficient (Wildman–Crippen LogP) is 3.69. The molecule has 186 valence electrons. The molecule has 1 aliphatic carbocycles. The van der Waals surface area contributed by atoms with Crippen LogP contribution in [0.4, 0.5) is 4.79 Å². The minimum atomic E-state index is -0.817. The van der Waals surface area contributed by atoms with Crippen LogP contribution < -0.4 is 10.6 Å². The highest BCUT2D eigenvalue weighted by Crippen LogP contribution is 2.44. The van der Waals surface area contributed by atoms with E-state index in [4.69, 9.17) is 14.6 Å². The Labute approximate surface area is 205 Å². The zero-order valence-electron chi connectivity index (χ0n) is 19.9. The lowest BCUT2D eigenvalue weighted by Crippen LogP contribution is -2.48. The van der Waals surface area contributed by atoms with E-state index in [1.54, 1.807) is 0 Å². The van der Waals surface area contributed by atoms with E-state index in [9.17, 15) is 14.4 Å². The Bertz CT molecular complexity index is 1030. The Morgan fingerprint density at radius 1 is 1.06 bits per heavy atom. The Balaban J connectivity index is 1.26. The molecule has 1 saturated heterocycles. The topological polar surface area (TPSA) is 114 Å². The molecule has 1 aliphatic heterocycles. The standard InChI is InChI=1S/C27H32N2O6/c1-17(10-11-24(30)31)12-14-28-26(32)25-23(13-15-34-25)29-27(33)35-16-22-20-8-4-2-6-18(20)19-7-3-5-9-21(19)22/h2-9,17,22-23,25H,10-16H2,1H3,(H,28,32)(H,29,33)(H,30,31)/t17?,23-,25+/m0/s1. The van der Waals surface area contributed by atoms with Crippen molar-refractivity contribution in [2.24, 2.45) is 5.92 Å². The zero-order valence-corrected chi connectivity index (χ0v) is 19.9. The maximum atomic E-state index is 12.6. The van der Waals surface area contributed by atoms with Crippen molar-refractivity contribution < 1.29 is 29.0 Å². The number of rotatable bonds is 10. The molecule has 3 atom stereocenters. The summed E-state index contributed by atoms with van der Waals surface area (Å²) in [7, 11) is 0. The van der Waals surface area contributed by atoms with Gasteiger partial charge < -0.3 is 25.2 Å². The summed E-state index contributed by atoms with van der Waals surface area (Å²) in [5.74, 6) is -0.944. The first-order chi connectivity index (χ1) is 16.9. The van der Waals surface area contributed by atoms with Crippen molar-refractivity contribution in [2.75, 3.05) is 19.8 Å². The van der Waals surface area contributed by atoms with Crippen molar-refractivity contribution in [2.45, 2.75) is 50.7 Å². The second-order valence-electron chi connectivity index (χ2n) is 9.27. The van der Waals surface area contributed by atoms with Crippen LogP contribution in [0.1, 0.15) is 49.7 Å². The summed E-state index contributed by atoms with van der Waals surface area (Å²) in [6.45, 7) is 2.97. The van der Waals surface area contributed by atoms with Crippen LogP contribution in [0.3, 0.4) is 0 Å². The van der Waals surface area contributed by atoms with E-state index in [1.807, 2.05) is 31.2 Å². The predicted molar refractivity (Wildman–Crippen MR) is 130 cm³/mol. The number of carboxylic acids is 1. The number of alkyl carbamates (subject to hydrolysis) is 1. The first-order valence-corrected chi connectivity index (χ1v) is 12.2. The smallest absolute Gasteiger partial charge is 0.407 e. The molecule has 0 saturated carbocycles. The maximum absolute atomic E-state index is 12.6. The molecule has 1 fully saturated rings. The fraction of sp³-hybridized carbons (Fsp3) is 0.444. The molecule has 0 bridgehead atoms. The second-order valence-corrected chi connectivity index (χ2v) is 9.27. The molecule has 2 aliphatic rings. The molecule has 8 nitrogen and oxygen atoms in total. The molecule has 2 aromatic carbocycles. The summed E-state index contributed by atoms with van der Waals surface area (Å²) in [6.07, 6.45) is 0.546. The molecule has 0 aromatic heterocycles. The van der Waals surface area contributed by atoms with Gasteiger partial charge in [-0.1, -0.05) is 55.5 Å². The first-order valence-electron chi connectivity index (χ1n) is 12.2. The molecule has 1 heterocycles. The van der Waals surface area contributed by atoms with Gasteiger partial charge in [0, 0.05) is 25.5 Å². The number of nitrogens with one attached hydrogen (secondary N) is 2. The van der Waals surface area contributed by atoms with Crippen LogP contribution in [0.25, 0.3) is 11.1 Å². The fourth-order valence-electron chi connectivity index (χ4n) is 4.84. The minimum Gasteiger partial charge on any atom is -0.481 e. The molecule has 2 aromatic rings. The summed E-state index contributed by atoms with van der Waals surface area (Å²) in [5, 5.41) is 14.4. The number of amides is 2. The SMILES string of the molecule is CC(CCNC(=O)[C@@H]1OCC[C@@H]1NC(=O)OCC1c2ccccc2-c2ccccc21)CCC(=O)O. The van der Waals surface area contributed by atoms with Crippen molar-refractivity contribution in [3.8, 4) is 11.1 Å². The third-order valence-corrected chi connectivity index (χ3v) is 6.78. The summed E-state index contributed by atoms with van der Waals surface area (Å²) in [6, 6.07) is 15.8. The third kappa shape index (κ3) is 6.00. The number of carbonyl (C=O) groups is 3. The Kier molecular flexibility index (Phi) is 8.02. The van der Waals surface area contributed by atoms with E-state index in [0.29, 0.717) is 32.4 Å². The number of hydrogen-bond acceptors (Lipinski definition) is 5. The van der Waals surface area contributed by atoms with Crippen molar-refractivity contribution in [3.05, 3.63) is 59.7 Å². The molecular formula is C27H32N2O6. The number of aliphatic carboxylic acids is 1. The van der Waals surface area contributed by atoms with Gasteiger partial charge in [-0.3, -0.25) is 9.59 Å². The Morgan fingerprint density at radius 3 is 2.37 bits per heavy atom. The highest BCUT2D eigenvalue weighted by atomic mass is 16.6. The lowest BCUT2D eigenvalue weighted by Gasteiger charge is -2.21. The van der Waals surface area contributed by atoms with Gasteiger partial charge >= 0.3 is 12.1 Å². The van der Waals surface area contributed by atoms with E-state index in [-0.39, 0.29) is 30.8 Å². The molecule has 1 unspecified atom stereocenters. The second kappa shape index (κ2) is 11.4. The number of benzene rings is 2.